The number of carbonyl (C=O) groups excluding carboxylic acids is 1. The van der Waals surface area contributed by atoms with Gasteiger partial charge in [0.1, 0.15) is 5.58 Å². The lowest BCUT2D eigenvalue weighted by Crippen LogP contribution is -2.45. The van der Waals surface area contributed by atoms with Crippen molar-refractivity contribution in [3.63, 3.8) is 0 Å². The number of amides is 1. The first-order chi connectivity index (χ1) is 22.7. The zero-order chi connectivity index (χ0) is 32.8. The van der Waals surface area contributed by atoms with Crippen molar-refractivity contribution in [2.75, 3.05) is 31.1 Å². The summed E-state index contributed by atoms with van der Waals surface area (Å²) in [6.07, 6.45) is 15.8. The number of aliphatic hydroxyl groups excluding tert-OH is 1. The Hall–Kier alpha value is -2.87. The zero-order valence-electron chi connectivity index (χ0n) is 28.9. The normalized spacial score (nSPS) is 32.7. The maximum absolute atomic E-state index is 12.8. The Morgan fingerprint density at radius 1 is 1.11 bits per heavy atom. The summed E-state index contributed by atoms with van der Waals surface area (Å²) in [5, 5.41) is 18.9. The van der Waals surface area contributed by atoms with Gasteiger partial charge in [0.15, 0.2) is 6.61 Å². The maximum Gasteiger partial charge on any atom is 0.336 e. The molecule has 7 rings (SSSR count). The molecular formula is C39H55N3O5. The van der Waals surface area contributed by atoms with Gasteiger partial charge in [-0.25, -0.2) is 4.79 Å². The fraction of sp³-hybridized carbons (Fsp3) is 0.718. The molecule has 3 aliphatic carbocycles. The third-order valence-electron chi connectivity index (χ3n) is 13.5. The molecule has 0 saturated heterocycles. The number of fused-ring (bicyclic) bond motifs is 3. The third-order valence-corrected chi connectivity index (χ3v) is 13.5. The summed E-state index contributed by atoms with van der Waals surface area (Å²) < 4.78 is 5.80. The summed E-state index contributed by atoms with van der Waals surface area (Å²) in [5.74, 6) is 1.68. The Bertz CT molecular complexity index is 1580. The van der Waals surface area contributed by atoms with E-state index in [0.717, 1.165) is 99.5 Å². The van der Waals surface area contributed by atoms with E-state index in [9.17, 15) is 14.7 Å². The van der Waals surface area contributed by atoms with Crippen molar-refractivity contribution in [2.45, 2.75) is 123 Å². The van der Waals surface area contributed by atoms with Gasteiger partial charge in [0.2, 0.25) is 0 Å². The minimum absolute atomic E-state index is 0.0149. The van der Waals surface area contributed by atoms with Gasteiger partial charge in [-0.2, -0.15) is 0 Å². The number of carbonyl (C=O) groups is 1. The number of rotatable bonds is 9. The topological polar surface area (TPSA) is 104 Å². The summed E-state index contributed by atoms with van der Waals surface area (Å²) in [4.78, 5) is 33.6. The molecular weight excluding hydrogens is 590 g/mol. The van der Waals surface area contributed by atoms with Gasteiger partial charge >= 0.3 is 5.63 Å². The highest BCUT2D eigenvalue weighted by molar-refractivity contribution is 5.92. The summed E-state index contributed by atoms with van der Waals surface area (Å²) in [6.45, 7) is 9.64. The standard InChI is InChI=1S/C39H55N3O5/c1-25-11-12-33(38(25,2)16-13-28-8-4-9-29-23-30(43)14-17-39(28,29)3)41-46-24-34(44)40-18-15-26-22-35(45)47-37-31-10-6-20-42-19-5-7-27(36(31)42)21-32(26)37/h21-22,25,28-30,43H,4-20,23-24H2,1-3H3,(H,40,44)/b41-33-/t25-,28-,29+,30-,38+,39-/m1/s1. The second kappa shape index (κ2) is 13.2. The molecule has 8 heteroatoms. The Balaban J connectivity index is 0.948. The summed E-state index contributed by atoms with van der Waals surface area (Å²) in [5.41, 5.74) is 6.58. The number of hydrogen-bond donors (Lipinski definition) is 2. The van der Waals surface area contributed by atoms with Crippen molar-refractivity contribution < 1.29 is 19.2 Å². The average molecular weight is 646 g/mol. The Morgan fingerprint density at radius 3 is 2.79 bits per heavy atom. The molecule has 3 fully saturated rings. The van der Waals surface area contributed by atoms with E-state index in [0.29, 0.717) is 36.1 Å². The van der Waals surface area contributed by atoms with Crippen LogP contribution in [0.3, 0.4) is 0 Å². The number of nitrogens with one attached hydrogen (secondary N) is 1. The van der Waals surface area contributed by atoms with E-state index in [1.807, 2.05) is 0 Å². The van der Waals surface area contributed by atoms with Crippen LogP contribution in [0.4, 0.5) is 5.69 Å². The molecule has 0 bridgehead atoms. The highest BCUT2D eigenvalue weighted by atomic mass is 16.6. The molecule has 3 heterocycles. The van der Waals surface area contributed by atoms with Crippen molar-refractivity contribution in [3.05, 3.63) is 39.2 Å². The monoisotopic (exact) mass is 645 g/mol. The van der Waals surface area contributed by atoms with Crippen molar-refractivity contribution in [1.29, 1.82) is 0 Å². The largest absolute Gasteiger partial charge is 0.422 e. The fourth-order valence-corrected chi connectivity index (χ4v) is 10.4. The van der Waals surface area contributed by atoms with Crippen LogP contribution in [0.15, 0.2) is 26.5 Å². The lowest BCUT2D eigenvalue weighted by molar-refractivity contribution is -0.125. The van der Waals surface area contributed by atoms with E-state index < -0.39 is 0 Å². The fourth-order valence-electron chi connectivity index (χ4n) is 10.4. The van der Waals surface area contributed by atoms with E-state index in [1.54, 1.807) is 6.07 Å². The molecule has 1 aromatic heterocycles. The molecule has 2 N–H and O–H groups in total. The van der Waals surface area contributed by atoms with E-state index in [4.69, 9.17) is 9.25 Å². The first kappa shape index (κ1) is 32.7. The molecule has 0 unspecified atom stereocenters. The van der Waals surface area contributed by atoms with Crippen LogP contribution in [0.25, 0.3) is 11.0 Å². The van der Waals surface area contributed by atoms with E-state index in [2.05, 4.69) is 42.2 Å². The molecule has 5 aliphatic rings. The first-order valence-electron chi connectivity index (χ1n) is 18.7. The van der Waals surface area contributed by atoms with Crippen LogP contribution in [0, 0.1) is 28.6 Å². The number of nitrogens with zero attached hydrogens (tertiary/aromatic N) is 2. The van der Waals surface area contributed by atoms with Crippen molar-refractivity contribution >= 4 is 28.3 Å². The minimum Gasteiger partial charge on any atom is -0.422 e. The number of oxime groups is 1. The van der Waals surface area contributed by atoms with Crippen LogP contribution >= 0.6 is 0 Å². The Morgan fingerprint density at radius 2 is 1.94 bits per heavy atom. The molecule has 3 saturated carbocycles. The second-order valence-corrected chi connectivity index (χ2v) is 16.1. The second-order valence-electron chi connectivity index (χ2n) is 16.1. The molecule has 1 amide bonds. The molecule has 0 radical (unpaired) electrons. The summed E-state index contributed by atoms with van der Waals surface area (Å²) >= 11 is 0. The van der Waals surface area contributed by atoms with Crippen LogP contribution < -0.4 is 15.8 Å². The smallest absolute Gasteiger partial charge is 0.336 e. The van der Waals surface area contributed by atoms with E-state index >= 15 is 0 Å². The molecule has 1 aromatic carbocycles. The number of anilines is 1. The number of aliphatic hydroxyl groups is 1. The lowest BCUT2D eigenvalue weighted by Gasteiger charge is -2.52. The number of benzene rings is 1. The van der Waals surface area contributed by atoms with Crippen LogP contribution in [-0.2, 0) is 28.9 Å². The van der Waals surface area contributed by atoms with Gasteiger partial charge in [-0.15, -0.1) is 0 Å². The van der Waals surface area contributed by atoms with Gasteiger partial charge in [-0.3, -0.25) is 4.79 Å². The van der Waals surface area contributed by atoms with Gasteiger partial charge in [-0.05, 0) is 130 Å². The van der Waals surface area contributed by atoms with Gasteiger partial charge < -0.3 is 24.6 Å². The van der Waals surface area contributed by atoms with E-state index in [-0.39, 0.29) is 29.7 Å². The average Bonchev–Trinajstić information content (AvgIpc) is 3.33. The van der Waals surface area contributed by atoms with Crippen LogP contribution in [0.1, 0.15) is 115 Å². The van der Waals surface area contributed by atoms with Crippen molar-refractivity contribution in [1.82, 2.24) is 5.32 Å². The van der Waals surface area contributed by atoms with Crippen LogP contribution in [0.5, 0.6) is 0 Å². The number of aryl methyl sites for hydroxylation is 2. The zero-order valence-corrected chi connectivity index (χ0v) is 28.9. The molecule has 2 aliphatic heterocycles. The van der Waals surface area contributed by atoms with Crippen molar-refractivity contribution in [2.24, 2.45) is 33.7 Å². The lowest BCUT2D eigenvalue weighted by atomic mass is 9.53. The molecule has 8 nitrogen and oxygen atoms in total. The summed E-state index contributed by atoms with van der Waals surface area (Å²) in [7, 11) is 0. The highest BCUT2D eigenvalue weighted by Gasteiger charge is 2.48. The first-order valence-corrected chi connectivity index (χ1v) is 18.7. The van der Waals surface area contributed by atoms with Crippen LogP contribution in [0.2, 0.25) is 0 Å². The molecule has 47 heavy (non-hydrogen) atoms. The quantitative estimate of drug-likeness (QED) is 0.232. The molecule has 6 atom stereocenters. The molecule has 0 spiro atoms. The van der Waals surface area contributed by atoms with Crippen LogP contribution in [-0.4, -0.2) is 49.1 Å². The van der Waals surface area contributed by atoms with Gasteiger partial charge in [0, 0.05) is 47.8 Å². The van der Waals surface area contributed by atoms with Gasteiger partial charge in [0.25, 0.3) is 5.91 Å². The molecule has 256 valence electrons. The number of hydrogen-bond acceptors (Lipinski definition) is 7. The maximum atomic E-state index is 12.8. The predicted molar refractivity (Wildman–Crippen MR) is 186 cm³/mol. The Labute approximate surface area is 279 Å². The highest BCUT2D eigenvalue weighted by Crippen LogP contribution is 2.56. The minimum atomic E-state index is -0.328. The van der Waals surface area contributed by atoms with Gasteiger partial charge in [0.05, 0.1) is 11.8 Å². The molecule has 2 aromatic rings. The predicted octanol–water partition coefficient (Wildman–Crippen LogP) is 6.71. The van der Waals surface area contributed by atoms with Gasteiger partial charge in [-0.1, -0.05) is 32.3 Å². The van der Waals surface area contributed by atoms with E-state index in [1.165, 1.54) is 42.5 Å². The van der Waals surface area contributed by atoms with Crippen molar-refractivity contribution in [3.8, 4) is 0 Å². The summed E-state index contributed by atoms with van der Waals surface area (Å²) in [6, 6.07) is 3.81. The Kier molecular flexibility index (Phi) is 9.18. The SMILES string of the molecule is C[C@@H]1CC/C(=N/OCC(=O)NCCc2cc(=O)oc3c4c5c(cc23)CCCN5CCC4)[C@@]1(C)CC[C@H]1CCC[C@H]2C[C@H](O)CC[C@]12C. The third kappa shape index (κ3) is 6.24.